The molecule has 0 heterocycles. The number of carbonyl (C=O) groups excluding carboxylic acids is 1. The van der Waals surface area contributed by atoms with E-state index in [1.54, 1.807) is 0 Å². The first-order chi connectivity index (χ1) is 9.92. The highest BCUT2D eigenvalue weighted by Gasteiger charge is 2.24. The lowest BCUT2D eigenvalue weighted by molar-refractivity contribution is -0.385. The number of benzene rings is 1. The summed E-state index contributed by atoms with van der Waals surface area (Å²) in [7, 11) is 0. The number of halogens is 2. The first-order valence-corrected chi connectivity index (χ1v) is 8.06. The van der Waals surface area contributed by atoms with Crippen LogP contribution in [0.3, 0.4) is 0 Å². The Balaban J connectivity index is 2.84. The van der Waals surface area contributed by atoms with Gasteiger partial charge in [-0.3, -0.25) is 14.9 Å². The summed E-state index contributed by atoms with van der Waals surface area (Å²) >= 11 is 9.47. The van der Waals surface area contributed by atoms with E-state index in [1.165, 1.54) is 18.2 Å². The Hall–Kier alpha value is -1.14. The quantitative estimate of drug-likeness (QED) is 0.440. The van der Waals surface area contributed by atoms with Crippen LogP contribution in [-0.2, 0) is 0 Å². The van der Waals surface area contributed by atoms with Crippen molar-refractivity contribution in [2.75, 3.05) is 6.54 Å². The van der Waals surface area contributed by atoms with Crippen LogP contribution in [-0.4, -0.2) is 22.2 Å². The third-order valence-electron chi connectivity index (χ3n) is 3.43. The molecule has 0 aromatic heterocycles. The van der Waals surface area contributed by atoms with Crippen LogP contribution in [0.2, 0.25) is 5.02 Å². The maximum atomic E-state index is 12.2. The Labute approximate surface area is 137 Å². The highest BCUT2D eigenvalue weighted by Crippen LogP contribution is 2.26. The Morgan fingerprint density at radius 3 is 2.57 bits per heavy atom. The van der Waals surface area contributed by atoms with Crippen LogP contribution in [0.5, 0.6) is 0 Å². The van der Waals surface area contributed by atoms with Gasteiger partial charge in [0.1, 0.15) is 5.56 Å². The molecule has 0 aliphatic rings. The molecule has 0 aliphatic carbocycles. The van der Waals surface area contributed by atoms with E-state index in [0.29, 0.717) is 12.5 Å². The molecule has 1 aromatic carbocycles. The number of nitrogens with one attached hydrogen (secondary N) is 1. The zero-order valence-electron chi connectivity index (χ0n) is 11.9. The van der Waals surface area contributed by atoms with Crippen molar-refractivity contribution in [3.63, 3.8) is 0 Å². The second-order valence-electron chi connectivity index (χ2n) is 4.69. The molecule has 0 saturated carbocycles. The van der Waals surface area contributed by atoms with Crippen molar-refractivity contribution in [3.8, 4) is 0 Å². The zero-order valence-corrected chi connectivity index (χ0v) is 14.3. The van der Waals surface area contributed by atoms with E-state index in [0.717, 1.165) is 12.8 Å². The molecule has 0 fully saturated rings. The van der Waals surface area contributed by atoms with Gasteiger partial charge in [0.2, 0.25) is 0 Å². The number of hydrogen-bond donors (Lipinski definition) is 1. The van der Waals surface area contributed by atoms with E-state index in [9.17, 15) is 14.9 Å². The van der Waals surface area contributed by atoms with Crippen molar-refractivity contribution in [1.29, 1.82) is 0 Å². The average molecular weight is 378 g/mol. The summed E-state index contributed by atoms with van der Waals surface area (Å²) in [6.07, 6.45) is 1.99. The summed E-state index contributed by atoms with van der Waals surface area (Å²) in [5.74, 6) is -0.0887. The van der Waals surface area contributed by atoms with Crippen LogP contribution in [0.1, 0.15) is 37.0 Å². The smallest absolute Gasteiger partial charge is 0.283 e. The third kappa shape index (κ3) is 4.68. The molecule has 0 bridgehead atoms. The normalized spacial score (nSPS) is 12.2. The maximum Gasteiger partial charge on any atom is 0.283 e. The summed E-state index contributed by atoms with van der Waals surface area (Å²) in [5.41, 5.74) is -0.373. The van der Waals surface area contributed by atoms with Gasteiger partial charge in [-0.1, -0.05) is 60.3 Å². The molecule has 5 nitrogen and oxygen atoms in total. The lowest BCUT2D eigenvalue weighted by Crippen LogP contribution is -2.33. The number of nitrogens with zero attached hydrogens (tertiary/aromatic N) is 1. The molecular formula is C14H18BrClN2O3. The van der Waals surface area contributed by atoms with E-state index in [1.807, 2.05) is 0 Å². The van der Waals surface area contributed by atoms with Gasteiger partial charge in [0.25, 0.3) is 11.6 Å². The number of carbonyl (C=O) groups is 1. The molecule has 1 amide bonds. The molecule has 0 saturated heterocycles. The van der Waals surface area contributed by atoms with Crippen molar-refractivity contribution in [2.24, 2.45) is 5.92 Å². The van der Waals surface area contributed by atoms with Crippen LogP contribution in [0, 0.1) is 16.0 Å². The van der Waals surface area contributed by atoms with Crippen molar-refractivity contribution < 1.29 is 9.72 Å². The Kier molecular flexibility index (Phi) is 7.11. The first-order valence-electron chi connectivity index (χ1n) is 6.77. The van der Waals surface area contributed by atoms with Gasteiger partial charge in [-0.2, -0.15) is 0 Å². The Bertz CT molecular complexity index is 521. The number of hydrogen-bond acceptors (Lipinski definition) is 3. The van der Waals surface area contributed by atoms with Gasteiger partial charge in [0, 0.05) is 17.4 Å². The third-order valence-corrected chi connectivity index (χ3v) is 4.82. The van der Waals surface area contributed by atoms with Gasteiger partial charge in [-0.25, -0.2) is 0 Å². The minimum absolute atomic E-state index is 0.0790. The standard InChI is InChI=1S/C14H18BrClN2O3/c1-3-9(4-2)10(15)8-17-14(19)13-11(16)6-5-7-12(13)18(20)21/h5-7,9-10H,3-4,8H2,1-2H3,(H,17,19). The monoisotopic (exact) mass is 376 g/mol. The fourth-order valence-electron chi connectivity index (χ4n) is 2.14. The topological polar surface area (TPSA) is 72.2 Å². The SMILES string of the molecule is CCC(CC)C(Br)CNC(=O)c1c(Cl)cccc1[N+](=O)[O-]. The summed E-state index contributed by atoms with van der Waals surface area (Å²) in [4.78, 5) is 22.7. The molecule has 0 aliphatic heterocycles. The molecule has 1 N–H and O–H groups in total. The minimum atomic E-state index is -0.604. The molecule has 1 unspecified atom stereocenters. The molecule has 1 atom stereocenters. The molecule has 7 heteroatoms. The highest BCUT2D eigenvalue weighted by molar-refractivity contribution is 9.09. The number of nitro groups is 1. The molecule has 0 spiro atoms. The zero-order chi connectivity index (χ0) is 16.0. The first kappa shape index (κ1) is 17.9. The number of amides is 1. The van der Waals surface area contributed by atoms with Crippen molar-refractivity contribution in [2.45, 2.75) is 31.5 Å². The van der Waals surface area contributed by atoms with Gasteiger partial charge in [0.15, 0.2) is 0 Å². The molecule has 21 heavy (non-hydrogen) atoms. The number of nitro benzene ring substituents is 1. The summed E-state index contributed by atoms with van der Waals surface area (Å²) in [5, 5.41) is 13.8. The second-order valence-corrected chi connectivity index (χ2v) is 6.28. The van der Waals surface area contributed by atoms with Crippen molar-refractivity contribution in [1.82, 2.24) is 5.32 Å². The molecular weight excluding hydrogens is 360 g/mol. The van der Waals surface area contributed by atoms with E-state index >= 15 is 0 Å². The average Bonchev–Trinajstić information content (AvgIpc) is 2.45. The van der Waals surface area contributed by atoms with Gasteiger partial charge in [-0.15, -0.1) is 0 Å². The van der Waals surface area contributed by atoms with Gasteiger partial charge >= 0.3 is 0 Å². The predicted octanol–water partition coefficient (Wildman–Crippen LogP) is 4.18. The van der Waals surface area contributed by atoms with Crippen LogP contribution < -0.4 is 5.32 Å². The lowest BCUT2D eigenvalue weighted by atomic mass is 9.99. The number of rotatable bonds is 7. The van der Waals surface area contributed by atoms with E-state index in [-0.39, 0.29) is 21.1 Å². The van der Waals surface area contributed by atoms with Crippen molar-refractivity contribution >= 4 is 39.1 Å². The lowest BCUT2D eigenvalue weighted by Gasteiger charge is -2.20. The van der Waals surface area contributed by atoms with Crippen molar-refractivity contribution in [3.05, 3.63) is 38.9 Å². The van der Waals surface area contributed by atoms with Gasteiger partial charge < -0.3 is 5.32 Å². The van der Waals surface area contributed by atoms with E-state index < -0.39 is 10.8 Å². The Morgan fingerprint density at radius 1 is 1.43 bits per heavy atom. The number of alkyl halides is 1. The summed E-state index contributed by atoms with van der Waals surface area (Å²) in [6.45, 7) is 4.57. The molecule has 1 aromatic rings. The van der Waals surface area contributed by atoms with Crippen LogP contribution >= 0.6 is 27.5 Å². The predicted molar refractivity (Wildman–Crippen MR) is 87.2 cm³/mol. The van der Waals surface area contributed by atoms with Gasteiger partial charge in [0.05, 0.1) is 9.95 Å². The summed E-state index contributed by atoms with van der Waals surface area (Å²) < 4.78 is 0. The van der Waals surface area contributed by atoms with Crippen LogP contribution in [0.25, 0.3) is 0 Å². The van der Waals surface area contributed by atoms with Crippen LogP contribution in [0.4, 0.5) is 5.69 Å². The minimum Gasteiger partial charge on any atom is -0.351 e. The Morgan fingerprint density at radius 2 is 2.05 bits per heavy atom. The fourth-order valence-corrected chi connectivity index (χ4v) is 3.30. The highest BCUT2D eigenvalue weighted by atomic mass is 79.9. The molecule has 1 rings (SSSR count). The summed E-state index contributed by atoms with van der Waals surface area (Å²) in [6, 6.07) is 4.19. The van der Waals surface area contributed by atoms with E-state index in [2.05, 4.69) is 35.1 Å². The molecule has 116 valence electrons. The largest absolute Gasteiger partial charge is 0.351 e. The fraction of sp³-hybridized carbons (Fsp3) is 0.500. The molecule has 0 radical (unpaired) electrons. The van der Waals surface area contributed by atoms with Crippen LogP contribution in [0.15, 0.2) is 18.2 Å². The second kappa shape index (κ2) is 8.34. The maximum absolute atomic E-state index is 12.2. The van der Waals surface area contributed by atoms with E-state index in [4.69, 9.17) is 11.6 Å². The van der Waals surface area contributed by atoms with Gasteiger partial charge in [-0.05, 0) is 12.0 Å².